The number of likely N-dealkylation sites (N-methyl/N-ethyl adjacent to an activating group) is 1. The SMILES string of the molecule is CN(CCc1ccccn1)S(=O)(=O)c1ccc(F)c(Cl)c1. The van der Waals surface area contributed by atoms with Crippen molar-refractivity contribution in [3.05, 3.63) is 59.1 Å². The average molecular weight is 329 g/mol. The minimum absolute atomic E-state index is 0.0302. The topological polar surface area (TPSA) is 50.3 Å². The van der Waals surface area contributed by atoms with E-state index in [1.807, 2.05) is 12.1 Å². The smallest absolute Gasteiger partial charge is 0.242 e. The second-order valence-electron chi connectivity index (χ2n) is 4.47. The molecule has 0 saturated carbocycles. The van der Waals surface area contributed by atoms with Crippen LogP contribution < -0.4 is 0 Å². The summed E-state index contributed by atoms with van der Waals surface area (Å²) in [6.07, 6.45) is 2.15. The molecule has 0 amide bonds. The molecule has 0 fully saturated rings. The van der Waals surface area contributed by atoms with Gasteiger partial charge in [-0.05, 0) is 30.3 Å². The summed E-state index contributed by atoms with van der Waals surface area (Å²) in [5, 5.41) is -0.214. The first-order valence-corrected chi connectivity index (χ1v) is 8.04. The summed E-state index contributed by atoms with van der Waals surface area (Å²) in [6, 6.07) is 8.83. The van der Waals surface area contributed by atoms with Gasteiger partial charge in [0.15, 0.2) is 0 Å². The number of nitrogens with zero attached hydrogens (tertiary/aromatic N) is 2. The molecular formula is C14H14ClFN2O2S. The molecule has 112 valence electrons. The summed E-state index contributed by atoms with van der Waals surface area (Å²) in [5.74, 6) is -0.647. The molecule has 0 spiro atoms. The largest absolute Gasteiger partial charge is 0.261 e. The van der Waals surface area contributed by atoms with Crippen molar-refractivity contribution in [1.82, 2.24) is 9.29 Å². The molecule has 0 aliphatic rings. The Hall–Kier alpha value is -1.50. The monoisotopic (exact) mass is 328 g/mol. The molecular weight excluding hydrogens is 315 g/mol. The highest BCUT2D eigenvalue weighted by Gasteiger charge is 2.21. The van der Waals surface area contributed by atoms with Gasteiger partial charge in [0, 0.05) is 31.9 Å². The average Bonchev–Trinajstić information content (AvgIpc) is 2.48. The first-order valence-electron chi connectivity index (χ1n) is 6.22. The predicted molar refractivity (Wildman–Crippen MR) is 79.2 cm³/mol. The van der Waals surface area contributed by atoms with Crippen LogP contribution in [0.15, 0.2) is 47.5 Å². The normalized spacial score (nSPS) is 11.8. The van der Waals surface area contributed by atoms with Crippen LogP contribution in [0.25, 0.3) is 0 Å². The lowest BCUT2D eigenvalue weighted by Crippen LogP contribution is -2.29. The summed E-state index contributed by atoms with van der Waals surface area (Å²) in [4.78, 5) is 4.11. The quantitative estimate of drug-likeness (QED) is 0.848. The highest BCUT2D eigenvalue weighted by atomic mass is 35.5. The van der Waals surface area contributed by atoms with Crippen molar-refractivity contribution >= 4 is 21.6 Å². The standard InChI is InChI=1S/C14H14ClFN2O2S/c1-18(9-7-11-4-2-3-8-17-11)21(19,20)12-5-6-14(16)13(15)10-12/h2-6,8,10H,7,9H2,1H3. The summed E-state index contributed by atoms with van der Waals surface area (Å²) in [7, 11) is -2.23. The molecule has 0 bridgehead atoms. The first-order chi connectivity index (χ1) is 9.91. The lowest BCUT2D eigenvalue weighted by Gasteiger charge is -2.17. The number of sulfonamides is 1. The lowest BCUT2D eigenvalue weighted by molar-refractivity contribution is 0.471. The molecule has 2 aromatic rings. The maximum atomic E-state index is 13.1. The minimum atomic E-state index is -3.69. The van der Waals surface area contributed by atoms with Gasteiger partial charge in [-0.3, -0.25) is 4.98 Å². The molecule has 2 rings (SSSR count). The van der Waals surface area contributed by atoms with E-state index < -0.39 is 15.8 Å². The molecule has 0 aliphatic carbocycles. The van der Waals surface area contributed by atoms with Crippen LogP contribution in [-0.4, -0.2) is 31.3 Å². The number of pyridine rings is 1. The second-order valence-corrected chi connectivity index (χ2v) is 6.93. The van der Waals surface area contributed by atoms with Gasteiger partial charge in [0.05, 0.1) is 9.92 Å². The molecule has 0 N–H and O–H groups in total. The summed E-state index contributed by atoms with van der Waals surface area (Å²) in [5.41, 5.74) is 0.802. The van der Waals surface area contributed by atoms with Crippen LogP contribution in [0.4, 0.5) is 4.39 Å². The van der Waals surface area contributed by atoms with Crippen molar-refractivity contribution in [3.63, 3.8) is 0 Å². The van der Waals surface area contributed by atoms with Crippen LogP contribution >= 0.6 is 11.6 Å². The van der Waals surface area contributed by atoms with E-state index in [4.69, 9.17) is 11.6 Å². The number of rotatable bonds is 5. The fourth-order valence-corrected chi connectivity index (χ4v) is 3.20. The summed E-state index contributed by atoms with van der Waals surface area (Å²) in [6.45, 7) is 0.272. The molecule has 0 radical (unpaired) electrons. The Labute approximate surface area is 128 Å². The van der Waals surface area contributed by atoms with Crippen LogP contribution in [0.1, 0.15) is 5.69 Å². The van der Waals surface area contributed by atoms with Crippen LogP contribution in [-0.2, 0) is 16.4 Å². The molecule has 0 saturated heterocycles. The Morgan fingerprint density at radius 3 is 2.67 bits per heavy atom. The fraction of sp³-hybridized carbons (Fsp3) is 0.214. The maximum absolute atomic E-state index is 13.1. The third kappa shape index (κ3) is 3.78. The van der Waals surface area contributed by atoms with Crippen molar-refractivity contribution < 1.29 is 12.8 Å². The predicted octanol–water partition coefficient (Wildman–Crippen LogP) is 2.74. The van der Waals surface area contributed by atoms with Gasteiger partial charge in [0.25, 0.3) is 0 Å². The zero-order chi connectivity index (χ0) is 15.5. The van der Waals surface area contributed by atoms with Crippen molar-refractivity contribution in [2.75, 3.05) is 13.6 Å². The summed E-state index contributed by atoms with van der Waals surface area (Å²) >= 11 is 5.63. The van der Waals surface area contributed by atoms with E-state index in [1.165, 1.54) is 17.4 Å². The van der Waals surface area contributed by atoms with Crippen LogP contribution in [0.3, 0.4) is 0 Å². The van der Waals surface area contributed by atoms with E-state index in [-0.39, 0.29) is 16.5 Å². The molecule has 4 nitrogen and oxygen atoms in total. The van der Waals surface area contributed by atoms with E-state index in [9.17, 15) is 12.8 Å². The molecule has 0 unspecified atom stereocenters. The maximum Gasteiger partial charge on any atom is 0.242 e. The van der Waals surface area contributed by atoms with Gasteiger partial charge in [0.2, 0.25) is 10.0 Å². The zero-order valence-corrected chi connectivity index (χ0v) is 12.9. The Kier molecular flexibility index (Phi) is 4.92. The van der Waals surface area contributed by atoms with E-state index in [2.05, 4.69) is 4.98 Å². The van der Waals surface area contributed by atoms with Gasteiger partial charge in [-0.25, -0.2) is 17.1 Å². The Morgan fingerprint density at radius 2 is 2.05 bits per heavy atom. The Bertz CT molecular complexity index is 723. The van der Waals surface area contributed by atoms with Gasteiger partial charge < -0.3 is 0 Å². The highest BCUT2D eigenvalue weighted by Crippen LogP contribution is 2.21. The first kappa shape index (κ1) is 15.9. The second kappa shape index (κ2) is 6.51. The number of hydrogen-bond donors (Lipinski definition) is 0. The molecule has 1 heterocycles. The number of aromatic nitrogens is 1. The van der Waals surface area contributed by atoms with Gasteiger partial charge in [-0.1, -0.05) is 17.7 Å². The van der Waals surface area contributed by atoms with Gasteiger partial charge >= 0.3 is 0 Å². The highest BCUT2D eigenvalue weighted by molar-refractivity contribution is 7.89. The molecule has 0 aliphatic heterocycles. The molecule has 21 heavy (non-hydrogen) atoms. The number of halogens is 2. The molecule has 1 aromatic carbocycles. The number of benzene rings is 1. The van der Waals surface area contributed by atoms with Gasteiger partial charge in [0.1, 0.15) is 5.82 Å². The van der Waals surface area contributed by atoms with E-state index in [0.29, 0.717) is 6.42 Å². The Morgan fingerprint density at radius 1 is 1.29 bits per heavy atom. The van der Waals surface area contributed by atoms with Crippen LogP contribution in [0.5, 0.6) is 0 Å². The molecule has 0 atom stereocenters. The molecule has 7 heteroatoms. The summed E-state index contributed by atoms with van der Waals surface area (Å²) < 4.78 is 39.0. The zero-order valence-electron chi connectivity index (χ0n) is 11.3. The van der Waals surface area contributed by atoms with E-state index in [0.717, 1.165) is 17.8 Å². The third-order valence-electron chi connectivity index (χ3n) is 3.01. The van der Waals surface area contributed by atoms with Crippen molar-refractivity contribution in [2.24, 2.45) is 0 Å². The van der Waals surface area contributed by atoms with E-state index >= 15 is 0 Å². The third-order valence-corrected chi connectivity index (χ3v) is 5.15. The van der Waals surface area contributed by atoms with Gasteiger partial charge in [-0.15, -0.1) is 0 Å². The van der Waals surface area contributed by atoms with E-state index in [1.54, 1.807) is 12.3 Å². The van der Waals surface area contributed by atoms with Gasteiger partial charge in [-0.2, -0.15) is 0 Å². The lowest BCUT2D eigenvalue weighted by atomic mass is 10.3. The number of hydrogen-bond acceptors (Lipinski definition) is 3. The molecule has 1 aromatic heterocycles. The minimum Gasteiger partial charge on any atom is -0.261 e. The van der Waals surface area contributed by atoms with Crippen molar-refractivity contribution in [1.29, 1.82) is 0 Å². The Balaban J connectivity index is 2.13. The fourth-order valence-electron chi connectivity index (χ4n) is 1.76. The van der Waals surface area contributed by atoms with Crippen LogP contribution in [0, 0.1) is 5.82 Å². The van der Waals surface area contributed by atoms with Crippen molar-refractivity contribution in [2.45, 2.75) is 11.3 Å². The van der Waals surface area contributed by atoms with Crippen molar-refractivity contribution in [3.8, 4) is 0 Å². The van der Waals surface area contributed by atoms with Crippen LogP contribution in [0.2, 0.25) is 5.02 Å².